The van der Waals surface area contributed by atoms with Crippen LogP contribution in [0.4, 0.5) is 10.8 Å². The molecule has 1 aromatic heterocycles. The summed E-state index contributed by atoms with van der Waals surface area (Å²) in [5.41, 5.74) is 3.77. The number of likely N-dealkylation sites (N-methyl/N-ethyl adjacent to an activating group) is 1. The van der Waals surface area contributed by atoms with E-state index in [4.69, 9.17) is 9.47 Å². The summed E-state index contributed by atoms with van der Waals surface area (Å²) in [6.07, 6.45) is 3.14. The zero-order valence-corrected chi connectivity index (χ0v) is 19.9. The van der Waals surface area contributed by atoms with Crippen LogP contribution in [0.5, 0.6) is 11.5 Å². The number of ether oxygens (including phenoxy) is 2. The van der Waals surface area contributed by atoms with Crippen molar-refractivity contribution in [2.75, 3.05) is 31.5 Å². The number of carbonyl (C=O) groups excluding carboxylic acids is 2. The normalized spacial score (nSPS) is 14.5. The number of anilines is 2. The van der Waals surface area contributed by atoms with Crippen LogP contribution in [0.1, 0.15) is 25.0 Å². The number of hydrogen-bond donors (Lipinski definition) is 1. The zero-order valence-electron chi connectivity index (χ0n) is 19.1. The number of aromatic nitrogens is 1. The van der Waals surface area contributed by atoms with E-state index in [-0.39, 0.29) is 11.8 Å². The lowest BCUT2D eigenvalue weighted by atomic mass is 9.85. The Hall–Kier alpha value is -3.65. The van der Waals surface area contributed by atoms with Gasteiger partial charge in [-0.1, -0.05) is 12.1 Å². The molecule has 0 unspecified atom stereocenters. The molecule has 0 spiro atoms. The third-order valence-electron chi connectivity index (χ3n) is 5.74. The van der Waals surface area contributed by atoms with Crippen molar-refractivity contribution in [2.24, 2.45) is 0 Å². The van der Waals surface area contributed by atoms with E-state index in [1.54, 1.807) is 44.4 Å². The predicted octanol–water partition coefficient (Wildman–Crippen LogP) is 4.73. The SMILES string of the molecule is COc1ccc(/C=C/C(=O)Nc2nc(-c3ccc4c(c3)C(C)(C)C(=O)N4C)cs2)cc1OC. The summed E-state index contributed by atoms with van der Waals surface area (Å²) in [4.78, 5) is 31.2. The molecule has 0 radical (unpaired) electrons. The Morgan fingerprint density at radius 1 is 1.12 bits per heavy atom. The maximum absolute atomic E-state index is 12.5. The second kappa shape index (κ2) is 8.71. The van der Waals surface area contributed by atoms with Gasteiger partial charge in [0.25, 0.3) is 0 Å². The molecule has 0 fully saturated rings. The first-order valence-electron chi connectivity index (χ1n) is 10.3. The molecule has 1 aliphatic rings. The van der Waals surface area contributed by atoms with Gasteiger partial charge in [0.15, 0.2) is 16.6 Å². The van der Waals surface area contributed by atoms with Crippen LogP contribution in [0.15, 0.2) is 47.9 Å². The first-order chi connectivity index (χ1) is 15.7. The molecule has 170 valence electrons. The molecule has 0 atom stereocenters. The molecular weight excluding hydrogens is 438 g/mol. The molecular formula is C25H25N3O4S. The Bertz CT molecular complexity index is 1260. The van der Waals surface area contributed by atoms with Gasteiger partial charge < -0.3 is 14.4 Å². The van der Waals surface area contributed by atoms with Crippen molar-refractivity contribution in [2.45, 2.75) is 19.3 Å². The van der Waals surface area contributed by atoms with Crippen LogP contribution in [0, 0.1) is 0 Å². The highest BCUT2D eigenvalue weighted by molar-refractivity contribution is 7.14. The van der Waals surface area contributed by atoms with E-state index in [0.717, 1.165) is 28.1 Å². The van der Waals surface area contributed by atoms with Crippen molar-refractivity contribution in [3.63, 3.8) is 0 Å². The van der Waals surface area contributed by atoms with Gasteiger partial charge in [-0.2, -0.15) is 0 Å². The Kier molecular flexibility index (Phi) is 5.95. The molecule has 0 saturated carbocycles. The van der Waals surface area contributed by atoms with Gasteiger partial charge in [0, 0.05) is 29.8 Å². The average Bonchev–Trinajstić information content (AvgIpc) is 3.35. The molecule has 33 heavy (non-hydrogen) atoms. The standard InChI is InChI=1S/C25H25N3O4S/c1-25(2)17-13-16(8-9-19(17)28(3)23(25)30)18-14-33-24(26-18)27-22(29)11-7-15-6-10-20(31-4)21(12-15)32-5/h6-14H,1-5H3,(H,26,27,29)/b11-7+. The first kappa shape index (κ1) is 22.5. The van der Waals surface area contributed by atoms with Crippen molar-refractivity contribution < 1.29 is 19.1 Å². The van der Waals surface area contributed by atoms with Gasteiger partial charge >= 0.3 is 0 Å². The number of fused-ring (bicyclic) bond motifs is 1. The Labute approximate surface area is 196 Å². The molecule has 0 bridgehead atoms. The Morgan fingerprint density at radius 2 is 1.88 bits per heavy atom. The van der Waals surface area contributed by atoms with Crippen LogP contribution in [0.3, 0.4) is 0 Å². The van der Waals surface area contributed by atoms with Crippen molar-refractivity contribution in [3.05, 3.63) is 59.0 Å². The van der Waals surface area contributed by atoms with E-state index in [2.05, 4.69) is 10.3 Å². The molecule has 2 heterocycles. The molecule has 7 nitrogen and oxygen atoms in total. The van der Waals surface area contributed by atoms with Gasteiger partial charge in [0.05, 0.1) is 25.3 Å². The molecule has 3 aromatic rings. The monoisotopic (exact) mass is 463 g/mol. The van der Waals surface area contributed by atoms with Gasteiger partial charge in [0.1, 0.15) is 0 Å². The highest BCUT2D eigenvalue weighted by Gasteiger charge is 2.42. The minimum atomic E-state index is -0.581. The van der Waals surface area contributed by atoms with E-state index in [0.29, 0.717) is 16.6 Å². The minimum Gasteiger partial charge on any atom is -0.493 e. The van der Waals surface area contributed by atoms with E-state index in [1.165, 1.54) is 17.4 Å². The summed E-state index contributed by atoms with van der Waals surface area (Å²) in [7, 11) is 4.93. The molecule has 1 aliphatic heterocycles. The second-order valence-corrected chi connectivity index (χ2v) is 9.05. The lowest BCUT2D eigenvalue weighted by Gasteiger charge is -2.16. The van der Waals surface area contributed by atoms with Crippen LogP contribution < -0.4 is 19.7 Å². The quantitative estimate of drug-likeness (QED) is 0.535. The summed E-state index contributed by atoms with van der Waals surface area (Å²) >= 11 is 1.35. The van der Waals surface area contributed by atoms with Crippen LogP contribution in [-0.4, -0.2) is 38.1 Å². The van der Waals surface area contributed by atoms with E-state index in [9.17, 15) is 9.59 Å². The van der Waals surface area contributed by atoms with E-state index < -0.39 is 5.41 Å². The summed E-state index contributed by atoms with van der Waals surface area (Å²) in [5.74, 6) is 1.01. The lowest BCUT2D eigenvalue weighted by molar-refractivity contribution is -0.121. The largest absolute Gasteiger partial charge is 0.493 e. The Morgan fingerprint density at radius 3 is 2.61 bits per heavy atom. The fraction of sp³-hybridized carbons (Fsp3) is 0.240. The molecule has 4 rings (SSSR count). The maximum atomic E-state index is 12.5. The van der Waals surface area contributed by atoms with Crippen molar-refractivity contribution in [1.82, 2.24) is 4.98 Å². The molecule has 2 aromatic carbocycles. The third kappa shape index (κ3) is 4.21. The van der Waals surface area contributed by atoms with Crippen LogP contribution in [-0.2, 0) is 15.0 Å². The van der Waals surface area contributed by atoms with Gasteiger partial charge in [-0.05, 0) is 55.3 Å². The fourth-order valence-corrected chi connectivity index (χ4v) is 4.59. The van der Waals surface area contributed by atoms with Crippen LogP contribution in [0.2, 0.25) is 0 Å². The number of nitrogens with one attached hydrogen (secondary N) is 1. The van der Waals surface area contributed by atoms with Crippen LogP contribution >= 0.6 is 11.3 Å². The van der Waals surface area contributed by atoms with Crippen molar-refractivity contribution in [3.8, 4) is 22.8 Å². The third-order valence-corrected chi connectivity index (χ3v) is 6.49. The molecule has 0 aliphatic carbocycles. The van der Waals surface area contributed by atoms with E-state index >= 15 is 0 Å². The molecule has 2 amide bonds. The van der Waals surface area contributed by atoms with Crippen LogP contribution in [0.25, 0.3) is 17.3 Å². The fourth-order valence-electron chi connectivity index (χ4n) is 3.87. The topological polar surface area (TPSA) is 80.8 Å². The number of benzene rings is 2. The van der Waals surface area contributed by atoms with Crippen molar-refractivity contribution in [1.29, 1.82) is 0 Å². The number of methoxy groups -OCH3 is 2. The number of thiazole rings is 1. The summed E-state index contributed by atoms with van der Waals surface area (Å²) in [6, 6.07) is 11.3. The van der Waals surface area contributed by atoms with Gasteiger partial charge in [-0.3, -0.25) is 14.9 Å². The maximum Gasteiger partial charge on any atom is 0.250 e. The second-order valence-electron chi connectivity index (χ2n) is 8.20. The minimum absolute atomic E-state index is 0.0714. The molecule has 8 heteroatoms. The summed E-state index contributed by atoms with van der Waals surface area (Å²) in [5, 5.41) is 5.19. The number of rotatable bonds is 6. The van der Waals surface area contributed by atoms with Gasteiger partial charge in [-0.15, -0.1) is 11.3 Å². The predicted molar refractivity (Wildman–Crippen MR) is 131 cm³/mol. The molecule has 1 N–H and O–H groups in total. The highest BCUT2D eigenvalue weighted by atomic mass is 32.1. The number of amides is 2. The van der Waals surface area contributed by atoms with Gasteiger partial charge in [0.2, 0.25) is 11.8 Å². The lowest BCUT2D eigenvalue weighted by Crippen LogP contribution is -2.33. The number of hydrogen-bond acceptors (Lipinski definition) is 6. The highest BCUT2D eigenvalue weighted by Crippen LogP contribution is 2.42. The smallest absolute Gasteiger partial charge is 0.250 e. The number of nitrogens with zero attached hydrogens (tertiary/aromatic N) is 2. The number of carbonyl (C=O) groups is 2. The summed E-state index contributed by atoms with van der Waals surface area (Å²) in [6.45, 7) is 3.86. The molecule has 0 saturated heterocycles. The zero-order chi connectivity index (χ0) is 23.8. The average molecular weight is 464 g/mol. The first-order valence-corrected chi connectivity index (χ1v) is 11.2. The summed E-state index contributed by atoms with van der Waals surface area (Å²) < 4.78 is 10.5. The van der Waals surface area contributed by atoms with Crippen molar-refractivity contribution >= 4 is 40.0 Å². The Balaban J connectivity index is 1.48. The van der Waals surface area contributed by atoms with E-state index in [1.807, 2.05) is 43.5 Å². The van der Waals surface area contributed by atoms with Gasteiger partial charge in [-0.25, -0.2) is 4.98 Å².